The monoisotopic (exact) mass is 328 g/mol. The number of rotatable bonds is 5. The van der Waals surface area contributed by atoms with Crippen LogP contribution in [-0.2, 0) is 6.18 Å². The Morgan fingerprint density at radius 1 is 1.26 bits per heavy atom. The summed E-state index contributed by atoms with van der Waals surface area (Å²) >= 11 is 0. The maximum atomic E-state index is 13.6. The SMILES string of the molecule is COc1ccc([C@H](CC2CC2)N2CCNCC2)c(C(F)(F)F)c1. The van der Waals surface area contributed by atoms with Gasteiger partial charge in [-0.05, 0) is 30.0 Å². The van der Waals surface area contributed by atoms with Crippen molar-refractivity contribution in [3.8, 4) is 5.75 Å². The van der Waals surface area contributed by atoms with Crippen LogP contribution < -0.4 is 10.1 Å². The van der Waals surface area contributed by atoms with Crippen molar-refractivity contribution in [1.29, 1.82) is 0 Å². The van der Waals surface area contributed by atoms with Gasteiger partial charge in [-0.15, -0.1) is 0 Å². The quantitative estimate of drug-likeness (QED) is 0.896. The zero-order valence-corrected chi connectivity index (χ0v) is 13.3. The van der Waals surface area contributed by atoms with Crippen LogP contribution in [0.15, 0.2) is 18.2 Å². The molecule has 1 saturated heterocycles. The molecule has 1 heterocycles. The fourth-order valence-corrected chi connectivity index (χ4v) is 3.33. The number of halogens is 3. The van der Waals surface area contributed by atoms with Crippen LogP contribution in [0, 0.1) is 5.92 Å². The Balaban J connectivity index is 1.96. The van der Waals surface area contributed by atoms with E-state index in [1.807, 2.05) is 0 Å². The number of methoxy groups -OCH3 is 1. The van der Waals surface area contributed by atoms with Crippen molar-refractivity contribution in [3.05, 3.63) is 29.3 Å². The van der Waals surface area contributed by atoms with Gasteiger partial charge in [0, 0.05) is 32.2 Å². The second-order valence-electron chi connectivity index (χ2n) is 6.43. The minimum absolute atomic E-state index is 0.160. The van der Waals surface area contributed by atoms with E-state index in [2.05, 4.69) is 10.2 Å². The van der Waals surface area contributed by atoms with Crippen LogP contribution in [-0.4, -0.2) is 38.2 Å². The molecule has 0 unspecified atom stereocenters. The van der Waals surface area contributed by atoms with Crippen LogP contribution in [0.2, 0.25) is 0 Å². The van der Waals surface area contributed by atoms with Crippen molar-refractivity contribution in [1.82, 2.24) is 10.2 Å². The highest BCUT2D eigenvalue weighted by Crippen LogP contribution is 2.44. The highest BCUT2D eigenvalue weighted by Gasteiger charge is 2.39. The number of ether oxygens (including phenoxy) is 1. The number of alkyl halides is 3. The molecule has 0 radical (unpaired) electrons. The Morgan fingerprint density at radius 2 is 1.96 bits per heavy atom. The second kappa shape index (κ2) is 6.69. The first-order valence-electron chi connectivity index (χ1n) is 8.19. The molecular weight excluding hydrogens is 305 g/mol. The van der Waals surface area contributed by atoms with Gasteiger partial charge in [-0.25, -0.2) is 0 Å². The van der Waals surface area contributed by atoms with E-state index in [1.54, 1.807) is 12.1 Å². The van der Waals surface area contributed by atoms with Gasteiger partial charge in [0.15, 0.2) is 0 Å². The highest BCUT2D eigenvalue weighted by atomic mass is 19.4. The van der Waals surface area contributed by atoms with E-state index in [1.165, 1.54) is 7.11 Å². The van der Waals surface area contributed by atoms with Crippen LogP contribution in [0.1, 0.15) is 36.4 Å². The van der Waals surface area contributed by atoms with E-state index in [0.29, 0.717) is 11.5 Å². The molecule has 1 N–H and O–H groups in total. The first-order valence-corrected chi connectivity index (χ1v) is 8.19. The summed E-state index contributed by atoms with van der Waals surface area (Å²) < 4.78 is 45.7. The van der Waals surface area contributed by atoms with E-state index < -0.39 is 11.7 Å². The van der Waals surface area contributed by atoms with Gasteiger partial charge < -0.3 is 10.1 Å². The van der Waals surface area contributed by atoms with E-state index in [0.717, 1.165) is 51.5 Å². The number of hydrogen-bond acceptors (Lipinski definition) is 3. The van der Waals surface area contributed by atoms with Gasteiger partial charge in [-0.3, -0.25) is 4.90 Å². The van der Waals surface area contributed by atoms with Crippen molar-refractivity contribution in [2.45, 2.75) is 31.5 Å². The van der Waals surface area contributed by atoms with E-state index >= 15 is 0 Å². The molecule has 0 amide bonds. The molecule has 1 aliphatic carbocycles. The second-order valence-corrected chi connectivity index (χ2v) is 6.43. The molecule has 3 nitrogen and oxygen atoms in total. The summed E-state index contributed by atoms with van der Waals surface area (Å²) in [7, 11) is 1.40. The highest BCUT2D eigenvalue weighted by molar-refractivity contribution is 5.39. The van der Waals surface area contributed by atoms with Crippen molar-refractivity contribution in [2.24, 2.45) is 5.92 Å². The molecule has 1 aromatic carbocycles. The molecule has 128 valence electrons. The number of piperazine rings is 1. The Bertz CT molecular complexity index is 537. The van der Waals surface area contributed by atoms with Crippen LogP contribution in [0.5, 0.6) is 5.75 Å². The van der Waals surface area contributed by atoms with Crippen molar-refractivity contribution in [2.75, 3.05) is 33.3 Å². The number of nitrogens with zero attached hydrogens (tertiary/aromatic N) is 1. The molecule has 0 aromatic heterocycles. The lowest BCUT2D eigenvalue weighted by molar-refractivity contribution is -0.139. The third-order valence-corrected chi connectivity index (χ3v) is 4.77. The smallest absolute Gasteiger partial charge is 0.416 e. The number of nitrogens with one attached hydrogen (secondary N) is 1. The summed E-state index contributed by atoms with van der Waals surface area (Å²) in [6.07, 6.45) is -1.27. The molecule has 1 aliphatic heterocycles. The Morgan fingerprint density at radius 3 is 2.52 bits per heavy atom. The summed E-state index contributed by atoms with van der Waals surface area (Å²) in [6, 6.07) is 4.23. The molecule has 0 spiro atoms. The lowest BCUT2D eigenvalue weighted by Crippen LogP contribution is -2.45. The molecule has 0 bridgehead atoms. The third kappa shape index (κ3) is 3.98. The summed E-state index contributed by atoms with van der Waals surface area (Å²) in [5.41, 5.74) is -0.159. The third-order valence-electron chi connectivity index (χ3n) is 4.77. The zero-order chi connectivity index (χ0) is 16.4. The Kier molecular flexibility index (Phi) is 4.82. The minimum Gasteiger partial charge on any atom is -0.497 e. The molecule has 1 aromatic rings. The molecule has 2 aliphatic rings. The Labute approximate surface area is 134 Å². The van der Waals surface area contributed by atoms with Gasteiger partial charge in [0.1, 0.15) is 5.75 Å². The molecule has 1 atom stereocenters. The molecule has 23 heavy (non-hydrogen) atoms. The molecule has 2 fully saturated rings. The topological polar surface area (TPSA) is 24.5 Å². The summed E-state index contributed by atoms with van der Waals surface area (Å²) in [4.78, 5) is 2.20. The minimum atomic E-state index is -4.36. The predicted octanol–water partition coefficient (Wildman–Crippen LogP) is 3.46. The number of hydrogen-bond donors (Lipinski definition) is 1. The fraction of sp³-hybridized carbons (Fsp3) is 0.647. The summed E-state index contributed by atoms with van der Waals surface area (Å²) in [6.45, 7) is 3.25. The maximum Gasteiger partial charge on any atom is 0.416 e. The van der Waals surface area contributed by atoms with Crippen LogP contribution in [0.3, 0.4) is 0 Å². The number of benzene rings is 1. The molecule has 3 rings (SSSR count). The average Bonchev–Trinajstić information content (AvgIpc) is 3.36. The Hall–Kier alpha value is -1.27. The average molecular weight is 328 g/mol. The molecule has 6 heteroatoms. The lowest BCUT2D eigenvalue weighted by Gasteiger charge is -2.36. The largest absolute Gasteiger partial charge is 0.497 e. The zero-order valence-electron chi connectivity index (χ0n) is 13.3. The van der Waals surface area contributed by atoms with Crippen molar-refractivity contribution < 1.29 is 17.9 Å². The van der Waals surface area contributed by atoms with E-state index in [9.17, 15) is 13.2 Å². The standard InChI is InChI=1S/C17H23F3N2O/c1-23-13-4-5-14(15(11-13)17(18,19)20)16(10-12-2-3-12)22-8-6-21-7-9-22/h4-5,11-12,16,21H,2-3,6-10H2,1H3/t16-/m0/s1. The van der Waals surface area contributed by atoms with Gasteiger partial charge in [-0.1, -0.05) is 18.9 Å². The molecular formula is C17H23F3N2O. The first-order chi connectivity index (χ1) is 11.0. The summed E-state index contributed by atoms with van der Waals surface area (Å²) in [5, 5.41) is 3.27. The first kappa shape index (κ1) is 16.6. The lowest BCUT2D eigenvalue weighted by atomic mass is 9.93. The van der Waals surface area contributed by atoms with Gasteiger partial charge in [0.25, 0.3) is 0 Å². The van der Waals surface area contributed by atoms with Crippen LogP contribution in [0.4, 0.5) is 13.2 Å². The fourth-order valence-electron chi connectivity index (χ4n) is 3.33. The van der Waals surface area contributed by atoms with Gasteiger partial charge in [0.05, 0.1) is 12.7 Å². The summed E-state index contributed by atoms with van der Waals surface area (Å²) in [5.74, 6) is 0.824. The van der Waals surface area contributed by atoms with Gasteiger partial charge in [-0.2, -0.15) is 13.2 Å². The maximum absolute atomic E-state index is 13.6. The van der Waals surface area contributed by atoms with E-state index in [-0.39, 0.29) is 11.8 Å². The van der Waals surface area contributed by atoms with Gasteiger partial charge in [0.2, 0.25) is 0 Å². The van der Waals surface area contributed by atoms with Gasteiger partial charge >= 0.3 is 6.18 Å². The van der Waals surface area contributed by atoms with Crippen molar-refractivity contribution >= 4 is 0 Å². The van der Waals surface area contributed by atoms with Crippen LogP contribution in [0.25, 0.3) is 0 Å². The predicted molar refractivity (Wildman–Crippen MR) is 82.5 cm³/mol. The van der Waals surface area contributed by atoms with E-state index in [4.69, 9.17) is 4.74 Å². The van der Waals surface area contributed by atoms with Crippen LogP contribution >= 0.6 is 0 Å². The molecule has 1 saturated carbocycles. The normalized spacial score (nSPS) is 21.2. The van der Waals surface area contributed by atoms with Crippen molar-refractivity contribution in [3.63, 3.8) is 0 Å².